The normalized spacial score (nSPS) is 13.9. The predicted octanol–water partition coefficient (Wildman–Crippen LogP) is 4.02. The summed E-state index contributed by atoms with van der Waals surface area (Å²) in [6.07, 6.45) is -4.36. The Kier molecular flexibility index (Phi) is 4.09. The minimum atomic E-state index is -4.36. The Morgan fingerprint density at radius 3 is 2.50 bits per heavy atom. The van der Waals surface area contributed by atoms with E-state index in [0.29, 0.717) is 35.8 Å². The number of carbonyl (C=O) groups excluding carboxylic acids is 1. The third-order valence-electron chi connectivity index (χ3n) is 3.75. The average Bonchev–Trinajstić information content (AvgIpc) is 2.59. The van der Waals surface area contributed by atoms with Crippen LogP contribution in [0.1, 0.15) is 15.9 Å². The molecule has 1 aliphatic rings. The summed E-state index contributed by atoms with van der Waals surface area (Å²) in [6, 6.07) is 9.80. The molecule has 0 aromatic heterocycles. The number of anilines is 2. The quantitative estimate of drug-likeness (QED) is 0.776. The Balaban J connectivity index is 1.93. The van der Waals surface area contributed by atoms with E-state index in [0.717, 1.165) is 12.1 Å². The van der Waals surface area contributed by atoms with Gasteiger partial charge in [0.25, 0.3) is 0 Å². The van der Waals surface area contributed by atoms with Crippen molar-refractivity contribution in [3.8, 4) is 5.75 Å². The van der Waals surface area contributed by atoms with Gasteiger partial charge in [-0.25, -0.2) is 4.79 Å². The number of ether oxygens (including phenoxy) is 2. The van der Waals surface area contributed by atoms with Gasteiger partial charge in [0.2, 0.25) is 0 Å². The highest BCUT2D eigenvalue weighted by molar-refractivity contribution is 5.91. The molecule has 0 saturated carbocycles. The maximum atomic E-state index is 12.7. The van der Waals surface area contributed by atoms with Crippen molar-refractivity contribution in [1.29, 1.82) is 0 Å². The van der Waals surface area contributed by atoms with Crippen molar-refractivity contribution in [2.24, 2.45) is 0 Å². The summed E-state index contributed by atoms with van der Waals surface area (Å²) < 4.78 is 48.3. The third kappa shape index (κ3) is 3.02. The fourth-order valence-corrected chi connectivity index (χ4v) is 2.56. The molecule has 2 aromatic rings. The van der Waals surface area contributed by atoms with E-state index in [1.165, 1.54) is 19.2 Å². The van der Waals surface area contributed by atoms with E-state index in [1.807, 2.05) is 4.90 Å². The van der Waals surface area contributed by atoms with Gasteiger partial charge < -0.3 is 14.4 Å². The number of methoxy groups -OCH3 is 1. The number of hydrogen-bond donors (Lipinski definition) is 0. The topological polar surface area (TPSA) is 38.8 Å². The van der Waals surface area contributed by atoms with Crippen LogP contribution in [0.15, 0.2) is 42.5 Å². The van der Waals surface area contributed by atoms with E-state index in [9.17, 15) is 18.0 Å². The van der Waals surface area contributed by atoms with Crippen LogP contribution in [0.5, 0.6) is 5.75 Å². The molecule has 1 aliphatic heterocycles. The van der Waals surface area contributed by atoms with E-state index in [2.05, 4.69) is 4.74 Å². The van der Waals surface area contributed by atoms with Gasteiger partial charge in [-0.15, -0.1) is 0 Å². The largest absolute Gasteiger partial charge is 0.490 e. The summed E-state index contributed by atoms with van der Waals surface area (Å²) in [7, 11) is 1.29. The third-order valence-corrected chi connectivity index (χ3v) is 3.75. The summed E-state index contributed by atoms with van der Waals surface area (Å²) in [5.41, 5.74) is 0.971. The molecule has 0 fully saturated rings. The minimum absolute atomic E-state index is 0.352. The number of nitrogens with zero attached hydrogens (tertiary/aromatic N) is 1. The lowest BCUT2D eigenvalue weighted by Gasteiger charge is -2.31. The lowest BCUT2D eigenvalue weighted by atomic mass is 10.1. The van der Waals surface area contributed by atoms with Gasteiger partial charge in [-0.05, 0) is 42.5 Å². The zero-order valence-corrected chi connectivity index (χ0v) is 12.8. The maximum Gasteiger partial charge on any atom is 0.416 e. The van der Waals surface area contributed by atoms with Gasteiger partial charge in [0.05, 0.1) is 30.5 Å². The molecule has 0 spiro atoms. The summed E-state index contributed by atoms with van der Waals surface area (Å²) in [4.78, 5) is 13.4. The first kappa shape index (κ1) is 16.2. The number of hydrogen-bond acceptors (Lipinski definition) is 4. The number of carbonyl (C=O) groups is 1. The fourth-order valence-electron chi connectivity index (χ4n) is 2.56. The summed E-state index contributed by atoms with van der Waals surface area (Å²) >= 11 is 0. The summed E-state index contributed by atoms with van der Waals surface area (Å²) in [6.45, 7) is 0.856. The van der Waals surface area contributed by atoms with E-state index >= 15 is 0 Å². The molecule has 7 heteroatoms. The molecular weight excluding hydrogens is 323 g/mol. The van der Waals surface area contributed by atoms with Crippen LogP contribution in [-0.4, -0.2) is 26.2 Å². The SMILES string of the molecule is COC(=O)c1ccc2c(c1)OCCN2c1ccc(C(F)(F)F)cc1. The Morgan fingerprint density at radius 2 is 1.88 bits per heavy atom. The monoisotopic (exact) mass is 337 g/mol. The van der Waals surface area contributed by atoms with Gasteiger partial charge >= 0.3 is 12.1 Å². The number of esters is 1. The zero-order valence-electron chi connectivity index (χ0n) is 12.8. The highest BCUT2D eigenvalue weighted by Crippen LogP contribution is 2.38. The molecule has 2 aromatic carbocycles. The second-order valence-electron chi connectivity index (χ2n) is 5.22. The van der Waals surface area contributed by atoms with Crippen LogP contribution in [0, 0.1) is 0 Å². The van der Waals surface area contributed by atoms with Crippen molar-refractivity contribution in [1.82, 2.24) is 0 Å². The number of benzene rings is 2. The average molecular weight is 337 g/mol. The molecule has 0 aliphatic carbocycles. The second kappa shape index (κ2) is 6.07. The molecule has 24 heavy (non-hydrogen) atoms. The van der Waals surface area contributed by atoms with Gasteiger partial charge in [-0.3, -0.25) is 0 Å². The van der Waals surface area contributed by atoms with Gasteiger partial charge in [0.15, 0.2) is 0 Å². The Bertz CT molecular complexity index is 757. The highest BCUT2D eigenvalue weighted by atomic mass is 19.4. The van der Waals surface area contributed by atoms with Gasteiger partial charge in [0, 0.05) is 5.69 Å². The molecule has 0 atom stereocenters. The number of alkyl halides is 3. The van der Waals surface area contributed by atoms with Crippen molar-refractivity contribution >= 4 is 17.3 Å². The van der Waals surface area contributed by atoms with E-state index in [1.54, 1.807) is 18.2 Å². The Morgan fingerprint density at radius 1 is 1.17 bits per heavy atom. The minimum Gasteiger partial charge on any atom is -0.490 e. The smallest absolute Gasteiger partial charge is 0.416 e. The lowest BCUT2D eigenvalue weighted by Crippen LogP contribution is -2.28. The van der Waals surface area contributed by atoms with Crippen LogP contribution < -0.4 is 9.64 Å². The number of fused-ring (bicyclic) bond motifs is 1. The van der Waals surface area contributed by atoms with Gasteiger partial charge in [0.1, 0.15) is 12.4 Å². The van der Waals surface area contributed by atoms with Crippen molar-refractivity contribution in [2.45, 2.75) is 6.18 Å². The number of rotatable bonds is 2. The van der Waals surface area contributed by atoms with Crippen molar-refractivity contribution in [2.75, 3.05) is 25.2 Å². The molecule has 4 nitrogen and oxygen atoms in total. The molecule has 0 bridgehead atoms. The molecule has 0 saturated heterocycles. The summed E-state index contributed by atoms with van der Waals surface area (Å²) in [5, 5.41) is 0. The highest BCUT2D eigenvalue weighted by Gasteiger charge is 2.30. The summed E-state index contributed by atoms with van der Waals surface area (Å²) in [5.74, 6) is 0.0112. The second-order valence-corrected chi connectivity index (χ2v) is 5.22. The van der Waals surface area contributed by atoms with Gasteiger partial charge in [-0.1, -0.05) is 0 Å². The molecule has 1 heterocycles. The molecule has 0 N–H and O–H groups in total. The first-order chi connectivity index (χ1) is 11.4. The van der Waals surface area contributed by atoms with Gasteiger partial charge in [-0.2, -0.15) is 13.2 Å². The van der Waals surface area contributed by atoms with Crippen molar-refractivity contribution in [3.05, 3.63) is 53.6 Å². The van der Waals surface area contributed by atoms with Crippen LogP contribution in [0.25, 0.3) is 0 Å². The zero-order chi connectivity index (χ0) is 17.3. The predicted molar refractivity (Wildman–Crippen MR) is 81.7 cm³/mol. The molecule has 126 valence electrons. The molecule has 0 radical (unpaired) electrons. The Labute approximate surface area is 136 Å². The fraction of sp³-hybridized carbons (Fsp3) is 0.235. The molecular formula is C17H14F3NO3. The number of halogens is 3. The first-order valence-electron chi connectivity index (χ1n) is 7.20. The van der Waals surface area contributed by atoms with Crippen LogP contribution in [0.4, 0.5) is 24.5 Å². The Hall–Kier alpha value is -2.70. The molecule has 0 unspecified atom stereocenters. The standard InChI is InChI=1S/C17H14F3NO3/c1-23-16(22)11-2-7-14-15(10-11)24-9-8-21(14)13-5-3-12(4-6-13)17(18,19)20/h2-7,10H,8-9H2,1H3. The van der Waals surface area contributed by atoms with Crippen LogP contribution in [-0.2, 0) is 10.9 Å². The van der Waals surface area contributed by atoms with Crippen molar-refractivity contribution in [3.63, 3.8) is 0 Å². The van der Waals surface area contributed by atoms with Crippen LogP contribution >= 0.6 is 0 Å². The van der Waals surface area contributed by atoms with E-state index in [4.69, 9.17) is 4.74 Å². The molecule has 0 amide bonds. The maximum absolute atomic E-state index is 12.7. The molecule has 3 rings (SSSR count). The van der Waals surface area contributed by atoms with E-state index < -0.39 is 17.7 Å². The first-order valence-corrected chi connectivity index (χ1v) is 7.20. The van der Waals surface area contributed by atoms with Crippen LogP contribution in [0.3, 0.4) is 0 Å². The van der Waals surface area contributed by atoms with Crippen LogP contribution in [0.2, 0.25) is 0 Å². The van der Waals surface area contributed by atoms with E-state index in [-0.39, 0.29) is 0 Å². The van der Waals surface area contributed by atoms with Crippen molar-refractivity contribution < 1.29 is 27.4 Å². The lowest BCUT2D eigenvalue weighted by molar-refractivity contribution is -0.137.